The van der Waals surface area contributed by atoms with E-state index in [1.165, 1.54) is 0 Å². The molecule has 0 aliphatic heterocycles. The van der Waals surface area contributed by atoms with Crippen molar-refractivity contribution in [2.75, 3.05) is 6.54 Å². The maximum absolute atomic E-state index is 9.30. The molecule has 0 radical (unpaired) electrons. The van der Waals surface area contributed by atoms with E-state index < -0.39 is 6.10 Å². The fourth-order valence-corrected chi connectivity index (χ4v) is 0.880. The monoisotopic (exact) mass is 153 g/mol. The van der Waals surface area contributed by atoms with Crippen LogP contribution in [-0.4, -0.2) is 16.9 Å². The number of aliphatic hydroxyl groups is 1. The lowest BCUT2D eigenvalue weighted by Crippen LogP contribution is -2.17. The summed E-state index contributed by atoms with van der Waals surface area (Å²) in [5.74, 6) is 0. The standard InChI is InChI=1S/C8H11NO2/c10-8(6-9-11)7-4-2-1-3-5-7/h1-5,8-11H,6H2. The van der Waals surface area contributed by atoms with Crippen LogP contribution in [0.1, 0.15) is 11.7 Å². The zero-order valence-electron chi connectivity index (χ0n) is 6.07. The molecule has 0 amide bonds. The van der Waals surface area contributed by atoms with Gasteiger partial charge in [-0.15, -0.1) is 0 Å². The first-order chi connectivity index (χ1) is 5.34. The third kappa shape index (κ3) is 2.31. The molecule has 3 N–H and O–H groups in total. The maximum Gasteiger partial charge on any atom is 0.0937 e. The summed E-state index contributed by atoms with van der Waals surface area (Å²) in [4.78, 5) is 0. The first-order valence-electron chi connectivity index (χ1n) is 3.44. The second-order valence-electron chi connectivity index (χ2n) is 2.29. The van der Waals surface area contributed by atoms with Crippen LogP contribution in [0.5, 0.6) is 0 Å². The number of hydrogen-bond acceptors (Lipinski definition) is 3. The number of benzene rings is 1. The minimum atomic E-state index is -0.638. The molecule has 0 heterocycles. The topological polar surface area (TPSA) is 52.5 Å². The van der Waals surface area contributed by atoms with Gasteiger partial charge in [0.1, 0.15) is 0 Å². The zero-order chi connectivity index (χ0) is 8.10. The molecule has 1 aromatic rings. The lowest BCUT2D eigenvalue weighted by atomic mass is 10.1. The van der Waals surface area contributed by atoms with Crippen LogP contribution in [0.4, 0.5) is 0 Å². The molecule has 0 bridgehead atoms. The first-order valence-corrected chi connectivity index (χ1v) is 3.44. The van der Waals surface area contributed by atoms with Gasteiger partial charge in [0, 0.05) is 0 Å². The van der Waals surface area contributed by atoms with Gasteiger partial charge < -0.3 is 10.3 Å². The average molecular weight is 153 g/mol. The van der Waals surface area contributed by atoms with Crippen molar-refractivity contribution in [1.82, 2.24) is 5.48 Å². The van der Waals surface area contributed by atoms with E-state index >= 15 is 0 Å². The van der Waals surface area contributed by atoms with E-state index in [0.717, 1.165) is 5.56 Å². The second kappa shape index (κ2) is 4.08. The summed E-state index contributed by atoms with van der Waals surface area (Å²) in [6.45, 7) is 0.157. The van der Waals surface area contributed by atoms with Gasteiger partial charge in [0.25, 0.3) is 0 Å². The fourth-order valence-electron chi connectivity index (χ4n) is 0.880. The Hall–Kier alpha value is -0.900. The number of nitrogens with one attached hydrogen (secondary N) is 1. The molecule has 1 atom stereocenters. The van der Waals surface area contributed by atoms with E-state index in [0.29, 0.717) is 0 Å². The molecule has 1 aromatic carbocycles. The predicted molar refractivity (Wildman–Crippen MR) is 41.2 cm³/mol. The highest BCUT2D eigenvalue weighted by molar-refractivity contribution is 5.17. The van der Waals surface area contributed by atoms with Crippen LogP contribution in [0, 0.1) is 0 Å². The van der Waals surface area contributed by atoms with Crippen LogP contribution >= 0.6 is 0 Å². The van der Waals surface area contributed by atoms with Crippen LogP contribution in [0.2, 0.25) is 0 Å². The smallest absolute Gasteiger partial charge is 0.0937 e. The van der Waals surface area contributed by atoms with Crippen molar-refractivity contribution in [2.24, 2.45) is 0 Å². The Morgan fingerprint density at radius 2 is 1.91 bits per heavy atom. The zero-order valence-corrected chi connectivity index (χ0v) is 6.07. The highest BCUT2D eigenvalue weighted by atomic mass is 16.5. The summed E-state index contributed by atoms with van der Waals surface area (Å²) in [6, 6.07) is 9.18. The Kier molecular flexibility index (Phi) is 3.04. The van der Waals surface area contributed by atoms with Crippen molar-refractivity contribution in [2.45, 2.75) is 6.10 Å². The van der Waals surface area contributed by atoms with Crippen LogP contribution in [0.25, 0.3) is 0 Å². The highest BCUT2D eigenvalue weighted by Crippen LogP contribution is 2.09. The molecule has 3 nitrogen and oxygen atoms in total. The molecule has 0 saturated carbocycles. The van der Waals surface area contributed by atoms with Crippen molar-refractivity contribution in [1.29, 1.82) is 0 Å². The Morgan fingerprint density at radius 1 is 1.27 bits per heavy atom. The van der Waals surface area contributed by atoms with Crippen LogP contribution in [0.15, 0.2) is 30.3 Å². The molecule has 1 unspecified atom stereocenters. The normalized spacial score (nSPS) is 12.9. The first kappa shape index (κ1) is 8.20. The van der Waals surface area contributed by atoms with E-state index in [9.17, 15) is 5.11 Å². The third-order valence-electron chi connectivity index (χ3n) is 1.47. The van der Waals surface area contributed by atoms with E-state index in [4.69, 9.17) is 5.21 Å². The molecule has 0 spiro atoms. The highest BCUT2D eigenvalue weighted by Gasteiger charge is 2.03. The van der Waals surface area contributed by atoms with Crippen molar-refractivity contribution in [3.8, 4) is 0 Å². The molecular formula is C8H11NO2. The van der Waals surface area contributed by atoms with Crippen molar-refractivity contribution in [3.63, 3.8) is 0 Å². The fraction of sp³-hybridized carbons (Fsp3) is 0.250. The average Bonchev–Trinajstić information content (AvgIpc) is 2.07. The molecule has 60 valence electrons. The van der Waals surface area contributed by atoms with Gasteiger partial charge in [-0.25, -0.2) is 5.48 Å². The predicted octanol–water partition coefficient (Wildman–Crippen LogP) is 0.699. The lowest BCUT2D eigenvalue weighted by molar-refractivity contribution is 0.0921. The molecule has 0 aromatic heterocycles. The van der Waals surface area contributed by atoms with Gasteiger partial charge in [-0.3, -0.25) is 0 Å². The minimum absolute atomic E-state index is 0.157. The maximum atomic E-state index is 9.30. The number of aliphatic hydroxyl groups excluding tert-OH is 1. The summed E-state index contributed by atoms with van der Waals surface area (Å²) < 4.78 is 0. The summed E-state index contributed by atoms with van der Waals surface area (Å²) >= 11 is 0. The molecule has 11 heavy (non-hydrogen) atoms. The van der Waals surface area contributed by atoms with E-state index in [1.807, 2.05) is 35.8 Å². The Labute approximate surface area is 65.3 Å². The minimum Gasteiger partial charge on any atom is -0.387 e. The van der Waals surface area contributed by atoms with Crippen molar-refractivity contribution in [3.05, 3.63) is 35.9 Å². The Balaban J connectivity index is 2.61. The molecular weight excluding hydrogens is 142 g/mol. The van der Waals surface area contributed by atoms with Gasteiger partial charge >= 0.3 is 0 Å². The van der Waals surface area contributed by atoms with Gasteiger partial charge in [0.2, 0.25) is 0 Å². The van der Waals surface area contributed by atoms with Crippen molar-refractivity contribution < 1.29 is 10.3 Å². The Bertz CT molecular complexity index is 201. The van der Waals surface area contributed by atoms with Crippen LogP contribution < -0.4 is 5.48 Å². The summed E-state index contributed by atoms with van der Waals surface area (Å²) in [6.07, 6.45) is -0.638. The largest absolute Gasteiger partial charge is 0.387 e. The molecule has 0 aliphatic carbocycles. The van der Waals surface area contributed by atoms with Gasteiger partial charge in [0.15, 0.2) is 0 Å². The summed E-state index contributed by atoms with van der Waals surface area (Å²) in [5.41, 5.74) is 2.72. The van der Waals surface area contributed by atoms with Crippen LogP contribution in [0.3, 0.4) is 0 Å². The molecule has 0 aliphatic rings. The third-order valence-corrected chi connectivity index (χ3v) is 1.47. The van der Waals surface area contributed by atoms with E-state index in [-0.39, 0.29) is 6.54 Å². The van der Waals surface area contributed by atoms with Gasteiger partial charge in [0.05, 0.1) is 12.6 Å². The van der Waals surface area contributed by atoms with Crippen LogP contribution in [-0.2, 0) is 0 Å². The quantitative estimate of drug-likeness (QED) is 0.560. The summed E-state index contributed by atoms with van der Waals surface area (Å²) in [7, 11) is 0. The molecule has 3 heteroatoms. The lowest BCUT2D eigenvalue weighted by Gasteiger charge is -2.08. The number of hydrogen-bond donors (Lipinski definition) is 3. The van der Waals surface area contributed by atoms with E-state index in [2.05, 4.69) is 0 Å². The van der Waals surface area contributed by atoms with E-state index in [1.54, 1.807) is 0 Å². The second-order valence-corrected chi connectivity index (χ2v) is 2.29. The Morgan fingerprint density at radius 3 is 2.45 bits per heavy atom. The molecule has 0 fully saturated rings. The number of hydroxylamine groups is 1. The van der Waals surface area contributed by atoms with Gasteiger partial charge in [-0.1, -0.05) is 30.3 Å². The number of rotatable bonds is 3. The van der Waals surface area contributed by atoms with Gasteiger partial charge in [-0.05, 0) is 5.56 Å². The summed E-state index contributed by atoms with van der Waals surface area (Å²) in [5, 5.41) is 17.6. The van der Waals surface area contributed by atoms with Crippen molar-refractivity contribution >= 4 is 0 Å². The SMILES string of the molecule is ONCC(O)c1ccccc1. The molecule has 1 rings (SSSR count). The molecule has 0 saturated heterocycles. The van der Waals surface area contributed by atoms with Gasteiger partial charge in [-0.2, -0.15) is 0 Å².